The molecule has 0 amide bonds. The Labute approximate surface area is 51.5 Å². The quantitative estimate of drug-likeness (QED) is 0.437. The Hall–Kier alpha value is -0.000519. The number of hydrogen-bond acceptors (Lipinski definition) is 0. The average Bonchev–Trinajstić information content (AvgIpc) is 1.69. The van der Waals surface area contributed by atoms with E-state index in [2.05, 4.69) is 23.5 Å². The zero-order valence-corrected chi connectivity index (χ0v) is 6.27. The van der Waals surface area contributed by atoms with Crippen molar-refractivity contribution in [1.82, 2.24) is 0 Å². The molecule has 0 atom stereocenters. The molecule has 0 bridgehead atoms. The van der Waals surface area contributed by atoms with Crippen LogP contribution in [0.15, 0.2) is 23.7 Å². The Morgan fingerprint density at radius 1 is 1.71 bits per heavy atom. The maximum absolute atomic E-state index is 3.59. The molecule has 40 valence electrons. The Kier molecular flexibility index (Phi) is 6.00. The van der Waals surface area contributed by atoms with E-state index in [9.17, 15) is 0 Å². The minimum absolute atomic E-state index is 0.697. The summed E-state index contributed by atoms with van der Waals surface area (Å²) in [5.74, 6) is 2.19. The molecule has 0 aromatic rings. The van der Waals surface area contributed by atoms with Crippen molar-refractivity contribution in [2.24, 2.45) is 0 Å². The summed E-state index contributed by atoms with van der Waals surface area (Å²) >= 11 is 0.697. The van der Waals surface area contributed by atoms with Gasteiger partial charge in [0.05, 0.1) is 0 Å². The van der Waals surface area contributed by atoms with Gasteiger partial charge in [0.25, 0.3) is 0 Å². The molecule has 0 saturated carbocycles. The molecule has 0 heterocycles. The molecular formula is C6H10Se. The molecular weight excluding hydrogens is 151 g/mol. The summed E-state index contributed by atoms with van der Waals surface area (Å²) in [5.41, 5.74) is 0. The third-order valence-corrected chi connectivity index (χ3v) is 1.51. The third-order valence-electron chi connectivity index (χ3n) is 0.535. The predicted molar refractivity (Wildman–Crippen MR) is 35.6 cm³/mol. The van der Waals surface area contributed by atoms with E-state index in [1.54, 1.807) is 0 Å². The fraction of sp³-hybridized carbons (Fsp3) is 0.333. The van der Waals surface area contributed by atoms with Gasteiger partial charge in [0.15, 0.2) is 0 Å². The van der Waals surface area contributed by atoms with Gasteiger partial charge in [-0.2, -0.15) is 0 Å². The molecule has 7 heavy (non-hydrogen) atoms. The Morgan fingerprint density at radius 2 is 2.43 bits per heavy atom. The van der Waals surface area contributed by atoms with Crippen LogP contribution in [0.25, 0.3) is 0 Å². The van der Waals surface area contributed by atoms with Gasteiger partial charge in [0.2, 0.25) is 0 Å². The zero-order valence-electron chi connectivity index (χ0n) is 4.55. The first-order valence-electron chi connectivity index (χ1n) is 2.20. The molecule has 0 nitrogen and oxygen atoms in total. The number of allylic oxidation sites excluding steroid dienone is 2. The van der Waals surface area contributed by atoms with E-state index in [-0.39, 0.29) is 0 Å². The Bertz CT molecular complexity index is 64.6. The van der Waals surface area contributed by atoms with Crippen molar-refractivity contribution < 1.29 is 0 Å². The average molecular weight is 161 g/mol. The van der Waals surface area contributed by atoms with Crippen molar-refractivity contribution in [3.05, 3.63) is 23.7 Å². The van der Waals surface area contributed by atoms with Crippen LogP contribution >= 0.6 is 0 Å². The van der Waals surface area contributed by atoms with Crippen LogP contribution in [0, 0.1) is 0 Å². The molecule has 0 spiro atoms. The van der Waals surface area contributed by atoms with Gasteiger partial charge in [-0.1, -0.05) is 0 Å². The van der Waals surface area contributed by atoms with Crippen LogP contribution in [-0.4, -0.2) is 15.0 Å². The van der Waals surface area contributed by atoms with Crippen LogP contribution < -0.4 is 0 Å². The van der Waals surface area contributed by atoms with Crippen LogP contribution in [0.4, 0.5) is 0 Å². The summed E-state index contributed by atoms with van der Waals surface area (Å²) in [5, 5.41) is 0. The Balaban J connectivity index is 2.92. The molecule has 0 aliphatic rings. The van der Waals surface area contributed by atoms with Crippen molar-refractivity contribution in [2.45, 2.75) is 12.2 Å². The van der Waals surface area contributed by atoms with Crippen molar-refractivity contribution in [2.75, 3.05) is 0 Å². The van der Waals surface area contributed by atoms with Crippen LogP contribution in [0.5, 0.6) is 0 Å². The van der Waals surface area contributed by atoms with Crippen LogP contribution in [0.3, 0.4) is 0 Å². The molecule has 0 aliphatic carbocycles. The molecule has 0 aromatic heterocycles. The second-order valence-corrected chi connectivity index (χ2v) is 2.69. The van der Waals surface area contributed by atoms with Gasteiger partial charge in [-0.3, -0.25) is 0 Å². The first kappa shape index (κ1) is 7.00. The van der Waals surface area contributed by atoms with E-state index in [0.29, 0.717) is 15.0 Å². The second kappa shape index (κ2) is 6.00. The van der Waals surface area contributed by atoms with Gasteiger partial charge in [0, 0.05) is 0 Å². The zero-order chi connectivity index (χ0) is 5.54. The van der Waals surface area contributed by atoms with Gasteiger partial charge in [-0.15, -0.1) is 0 Å². The summed E-state index contributed by atoms with van der Waals surface area (Å²) in [6, 6.07) is 0. The summed E-state index contributed by atoms with van der Waals surface area (Å²) in [6.45, 7) is 3.59. The van der Waals surface area contributed by atoms with Crippen LogP contribution in [0.2, 0.25) is 5.82 Å². The van der Waals surface area contributed by atoms with Crippen LogP contribution in [0.1, 0.15) is 6.42 Å². The van der Waals surface area contributed by atoms with Gasteiger partial charge in [-0.05, 0) is 0 Å². The van der Waals surface area contributed by atoms with Crippen molar-refractivity contribution in [3.63, 3.8) is 0 Å². The first-order valence-corrected chi connectivity index (χ1v) is 4.90. The van der Waals surface area contributed by atoms with Crippen molar-refractivity contribution >= 4 is 15.0 Å². The van der Waals surface area contributed by atoms with Crippen LogP contribution in [-0.2, 0) is 0 Å². The van der Waals surface area contributed by atoms with E-state index < -0.39 is 0 Å². The normalized spacial score (nSPS) is 9.86. The van der Waals surface area contributed by atoms with Gasteiger partial charge in [0.1, 0.15) is 0 Å². The van der Waals surface area contributed by atoms with Crippen molar-refractivity contribution in [1.29, 1.82) is 0 Å². The number of hydrogen-bond donors (Lipinski definition) is 0. The fourth-order valence-corrected chi connectivity index (χ4v) is 0.885. The summed E-state index contributed by atoms with van der Waals surface area (Å²) in [6.07, 6.45) is 5.07. The number of rotatable bonds is 3. The molecule has 1 heteroatoms. The standard InChI is InChI=1S/C6H10Se/c1-3-4-5-6-7-2/h3,5-6H,1,4H2,2H3/b6-5-. The first-order chi connectivity index (χ1) is 3.41. The van der Waals surface area contributed by atoms with E-state index in [0.717, 1.165) is 6.42 Å². The molecule has 0 rings (SSSR count). The molecule has 0 unspecified atom stereocenters. The molecule has 0 aromatic carbocycles. The topological polar surface area (TPSA) is 0 Å². The van der Waals surface area contributed by atoms with E-state index in [1.165, 1.54) is 0 Å². The fourth-order valence-electron chi connectivity index (χ4n) is 0.248. The van der Waals surface area contributed by atoms with E-state index in [4.69, 9.17) is 0 Å². The third kappa shape index (κ3) is 6.00. The monoisotopic (exact) mass is 162 g/mol. The SMILES string of the molecule is C=CC/C=C\[Se]C. The van der Waals surface area contributed by atoms with Gasteiger partial charge in [-0.25, -0.2) is 0 Å². The van der Waals surface area contributed by atoms with E-state index in [1.807, 2.05) is 6.08 Å². The molecule has 0 fully saturated rings. The summed E-state index contributed by atoms with van der Waals surface area (Å²) in [7, 11) is 0. The summed E-state index contributed by atoms with van der Waals surface area (Å²) in [4.78, 5) is 2.20. The molecule has 0 N–H and O–H groups in total. The maximum atomic E-state index is 3.59. The second-order valence-electron chi connectivity index (χ2n) is 1.13. The summed E-state index contributed by atoms with van der Waals surface area (Å²) < 4.78 is 0. The van der Waals surface area contributed by atoms with Gasteiger partial charge < -0.3 is 0 Å². The Morgan fingerprint density at radius 3 is 2.86 bits per heavy atom. The minimum atomic E-state index is 0.697. The van der Waals surface area contributed by atoms with Gasteiger partial charge >= 0.3 is 50.9 Å². The molecule has 0 aliphatic heterocycles. The van der Waals surface area contributed by atoms with E-state index >= 15 is 0 Å². The molecule has 0 radical (unpaired) electrons. The molecule has 0 saturated heterocycles. The van der Waals surface area contributed by atoms with Crippen molar-refractivity contribution in [3.8, 4) is 0 Å². The predicted octanol–water partition coefficient (Wildman–Crippen LogP) is 1.83.